The highest BCUT2D eigenvalue weighted by molar-refractivity contribution is 7.19. The van der Waals surface area contributed by atoms with Gasteiger partial charge in [-0.1, -0.05) is 6.92 Å². The van der Waals surface area contributed by atoms with Crippen LogP contribution in [0.15, 0.2) is 6.33 Å². The van der Waals surface area contributed by atoms with Gasteiger partial charge < -0.3 is 4.90 Å². The predicted molar refractivity (Wildman–Crippen MR) is 84.7 cm³/mol. The lowest BCUT2D eigenvalue weighted by molar-refractivity contribution is 0.509. The lowest BCUT2D eigenvalue weighted by Crippen LogP contribution is -2.30. The van der Waals surface area contributed by atoms with Crippen LogP contribution in [0, 0.1) is 5.92 Å². The van der Waals surface area contributed by atoms with Gasteiger partial charge >= 0.3 is 0 Å². The van der Waals surface area contributed by atoms with E-state index in [1.165, 1.54) is 54.6 Å². The van der Waals surface area contributed by atoms with Crippen molar-refractivity contribution in [1.29, 1.82) is 0 Å². The first-order chi connectivity index (χ1) is 9.83. The standard InChI is InChI=1S/C16H21N3S/c1-11-5-6-12-13(9-11)20-16-14(12)15(17-10-18-16)19-7-3-2-4-8-19/h10-11H,2-9H2,1H3/t11-/m0/s1. The van der Waals surface area contributed by atoms with Gasteiger partial charge in [-0.3, -0.25) is 0 Å². The molecule has 0 aromatic carbocycles. The van der Waals surface area contributed by atoms with Crippen LogP contribution in [0.2, 0.25) is 0 Å². The Hall–Kier alpha value is -1.16. The second kappa shape index (κ2) is 4.99. The number of nitrogens with zero attached hydrogens (tertiary/aromatic N) is 3. The molecule has 20 heavy (non-hydrogen) atoms. The number of fused-ring (bicyclic) bond motifs is 3. The van der Waals surface area contributed by atoms with Gasteiger partial charge in [0.2, 0.25) is 0 Å². The van der Waals surface area contributed by atoms with Crippen LogP contribution in [0.25, 0.3) is 10.2 Å². The highest BCUT2D eigenvalue weighted by Crippen LogP contribution is 2.40. The molecule has 1 fully saturated rings. The van der Waals surface area contributed by atoms with Crippen LogP contribution < -0.4 is 4.90 Å². The molecule has 2 aromatic rings. The Morgan fingerprint density at radius 3 is 2.90 bits per heavy atom. The van der Waals surface area contributed by atoms with Gasteiger partial charge in [-0.15, -0.1) is 11.3 Å². The van der Waals surface area contributed by atoms with E-state index in [9.17, 15) is 0 Å². The molecule has 0 N–H and O–H groups in total. The summed E-state index contributed by atoms with van der Waals surface area (Å²) in [4.78, 5) is 14.5. The van der Waals surface area contributed by atoms with Crippen molar-refractivity contribution in [3.05, 3.63) is 16.8 Å². The van der Waals surface area contributed by atoms with Crippen LogP contribution in [0.4, 0.5) is 5.82 Å². The smallest absolute Gasteiger partial charge is 0.141 e. The summed E-state index contributed by atoms with van der Waals surface area (Å²) in [6, 6.07) is 0. The van der Waals surface area contributed by atoms with Crippen molar-refractivity contribution in [2.24, 2.45) is 5.92 Å². The van der Waals surface area contributed by atoms with Crippen LogP contribution >= 0.6 is 11.3 Å². The van der Waals surface area contributed by atoms with E-state index >= 15 is 0 Å². The van der Waals surface area contributed by atoms with Crippen molar-refractivity contribution >= 4 is 27.4 Å². The van der Waals surface area contributed by atoms with E-state index < -0.39 is 0 Å². The first kappa shape index (κ1) is 12.6. The first-order valence-electron chi connectivity index (χ1n) is 7.83. The molecule has 106 valence electrons. The molecule has 3 nitrogen and oxygen atoms in total. The molecule has 4 heteroatoms. The molecule has 0 unspecified atom stereocenters. The maximum Gasteiger partial charge on any atom is 0.141 e. The van der Waals surface area contributed by atoms with Crippen molar-refractivity contribution in [1.82, 2.24) is 9.97 Å². The molecule has 1 aliphatic carbocycles. The van der Waals surface area contributed by atoms with Crippen LogP contribution in [-0.4, -0.2) is 23.1 Å². The number of aromatic nitrogens is 2. The van der Waals surface area contributed by atoms with Crippen LogP contribution in [-0.2, 0) is 12.8 Å². The first-order valence-corrected chi connectivity index (χ1v) is 8.65. The lowest BCUT2D eigenvalue weighted by Gasteiger charge is -2.28. The van der Waals surface area contributed by atoms with Crippen molar-refractivity contribution in [2.45, 2.75) is 45.4 Å². The number of hydrogen-bond donors (Lipinski definition) is 0. The minimum atomic E-state index is 0.821. The zero-order chi connectivity index (χ0) is 13.5. The molecule has 3 heterocycles. The molecular formula is C16H21N3S. The zero-order valence-electron chi connectivity index (χ0n) is 12.1. The van der Waals surface area contributed by atoms with E-state index in [0.717, 1.165) is 19.0 Å². The topological polar surface area (TPSA) is 29.0 Å². The number of hydrogen-bond acceptors (Lipinski definition) is 4. The number of rotatable bonds is 1. The fourth-order valence-electron chi connectivity index (χ4n) is 3.60. The molecule has 0 radical (unpaired) electrons. The van der Waals surface area contributed by atoms with Crippen LogP contribution in [0.5, 0.6) is 0 Å². The van der Waals surface area contributed by atoms with Gasteiger partial charge in [0, 0.05) is 18.0 Å². The molecule has 4 rings (SSSR count). The minimum Gasteiger partial charge on any atom is -0.356 e. The summed E-state index contributed by atoms with van der Waals surface area (Å²) in [7, 11) is 0. The SMILES string of the molecule is C[C@H]1CCc2c(sc3ncnc(N4CCCCC4)c23)C1. The summed E-state index contributed by atoms with van der Waals surface area (Å²) in [5, 5.41) is 1.38. The molecule has 0 bridgehead atoms. The lowest BCUT2D eigenvalue weighted by atomic mass is 9.89. The van der Waals surface area contributed by atoms with Crippen LogP contribution in [0.1, 0.15) is 43.0 Å². The fraction of sp³-hybridized carbons (Fsp3) is 0.625. The summed E-state index contributed by atoms with van der Waals surface area (Å²) >= 11 is 1.90. The normalized spacial score (nSPS) is 23.1. The number of aryl methyl sites for hydroxylation is 1. The molecule has 2 aliphatic rings. The third-order valence-electron chi connectivity index (χ3n) is 4.73. The van der Waals surface area contributed by atoms with Crippen molar-refractivity contribution in [3.8, 4) is 0 Å². The average molecular weight is 287 g/mol. The summed E-state index contributed by atoms with van der Waals surface area (Å²) in [6.45, 7) is 4.69. The quantitative estimate of drug-likeness (QED) is 0.798. The highest BCUT2D eigenvalue weighted by Gasteiger charge is 2.25. The largest absolute Gasteiger partial charge is 0.356 e. The highest BCUT2D eigenvalue weighted by atomic mass is 32.1. The van der Waals surface area contributed by atoms with E-state index in [4.69, 9.17) is 0 Å². The van der Waals surface area contributed by atoms with Gasteiger partial charge in [0.05, 0.1) is 5.39 Å². The van der Waals surface area contributed by atoms with Gasteiger partial charge in [-0.05, 0) is 50.0 Å². The molecular weight excluding hydrogens is 266 g/mol. The fourth-order valence-corrected chi connectivity index (χ4v) is 4.95. The van der Waals surface area contributed by atoms with Crippen molar-refractivity contribution in [2.75, 3.05) is 18.0 Å². The van der Waals surface area contributed by atoms with Gasteiger partial charge in [-0.2, -0.15) is 0 Å². The van der Waals surface area contributed by atoms with Gasteiger partial charge in [0.25, 0.3) is 0 Å². The van der Waals surface area contributed by atoms with E-state index in [2.05, 4.69) is 21.8 Å². The van der Waals surface area contributed by atoms with Gasteiger partial charge in [0.1, 0.15) is 17.0 Å². The Labute approximate surface area is 124 Å². The summed E-state index contributed by atoms with van der Waals surface area (Å²) < 4.78 is 0. The van der Waals surface area contributed by atoms with E-state index in [-0.39, 0.29) is 0 Å². The van der Waals surface area contributed by atoms with Crippen molar-refractivity contribution < 1.29 is 0 Å². The Kier molecular flexibility index (Phi) is 3.14. The Morgan fingerprint density at radius 2 is 2.05 bits per heavy atom. The Bertz CT molecular complexity index is 628. The monoisotopic (exact) mass is 287 g/mol. The number of piperidine rings is 1. The molecule has 1 atom stereocenters. The van der Waals surface area contributed by atoms with E-state index in [1.54, 1.807) is 16.8 Å². The molecule has 0 saturated carbocycles. The van der Waals surface area contributed by atoms with Crippen molar-refractivity contribution in [3.63, 3.8) is 0 Å². The van der Waals surface area contributed by atoms with Gasteiger partial charge in [0.15, 0.2) is 0 Å². The van der Waals surface area contributed by atoms with E-state index in [1.807, 2.05) is 11.3 Å². The summed E-state index contributed by atoms with van der Waals surface area (Å²) in [5.74, 6) is 2.03. The number of anilines is 1. The second-order valence-corrected chi connectivity index (χ2v) is 7.36. The van der Waals surface area contributed by atoms with Gasteiger partial charge in [-0.25, -0.2) is 9.97 Å². The number of thiophene rings is 1. The Balaban J connectivity index is 1.84. The molecule has 2 aromatic heterocycles. The summed E-state index contributed by atoms with van der Waals surface area (Å²) in [6.07, 6.45) is 9.49. The third-order valence-corrected chi connectivity index (χ3v) is 5.89. The van der Waals surface area contributed by atoms with Crippen LogP contribution in [0.3, 0.4) is 0 Å². The van der Waals surface area contributed by atoms with E-state index in [0.29, 0.717) is 0 Å². The maximum atomic E-state index is 4.65. The molecule has 0 amide bonds. The summed E-state index contributed by atoms with van der Waals surface area (Å²) in [5.41, 5.74) is 1.56. The molecule has 1 aliphatic heterocycles. The molecule has 1 saturated heterocycles. The Morgan fingerprint density at radius 1 is 1.20 bits per heavy atom. The average Bonchev–Trinajstić information content (AvgIpc) is 2.85. The zero-order valence-corrected chi connectivity index (χ0v) is 12.9. The molecule has 0 spiro atoms. The minimum absolute atomic E-state index is 0.821. The predicted octanol–water partition coefficient (Wildman–Crippen LogP) is 3.81. The second-order valence-electron chi connectivity index (χ2n) is 6.28. The third kappa shape index (κ3) is 2.01. The maximum absolute atomic E-state index is 4.65.